The van der Waals surface area contributed by atoms with Crippen molar-refractivity contribution in [2.75, 3.05) is 21.3 Å². The number of H-pyrrole nitrogens is 2. The highest BCUT2D eigenvalue weighted by atomic mass is 35.5. The van der Waals surface area contributed by atoms with E-state index in [4.69, 9.17) is 16.7 Å². The van der Waals surface area contributed by atoms with Gasteiger partial charge in [-0.3, -0.25) is 0 Å². The molecule has 0 radical (unpaired) electrons. The van der Waals surface area contributed by atoms with Crippen LogP contribution >= 0.6 is 11.6 Å². The van der Waals surface area contributed by atoms with Crippen LogP contribution in [0.5, 0.6) is 0 Å². The average Bonchev–Trinajstić information content (AvgIpc) is 3.40. The van der Waals surface area contributed by atoms with Crippen molar-refractivity contribution < 1.29 is 24.2 Å². The molecular weight excluding hydrogens is 408 g/mol. The minimum Gasteiger partial charge on any atom is -0.465 e. The lowest BCUT2D eigenvalue weighted by atomic mass is 10.1. The number of aliphatic hydroxyl groups is 1. The molecule has 0 aliphatic heterocycles. The Kier molecular flexibility index (Phi) is 9.61. The number of methoxy groups -OCH3 is 2. The van der Waals surface area contributed by atoms with Crippen LogP contribution in [0.3, 0.4) is 0 Å². The number of benzene rings is 2. The molecule has 2 aromatic heterocycles. The first kappa shape index (κ1) is 24.7. The Morgan fingerprint density at radius 2 is 1.43 bits per heavy atom. The number of aromatic amines is 2. The van der Waals surface area contributed by atoms with Crippen molar-refractivity contribution in [2.24, 2.45) is 0 Å². The Morgan fingerprint density at radius 1 is 0.867 bits per heavy atom. The summed E-state index contributed by atoms with van der Waals surface area (Å²) in [5.41, 5.74) is 3.01. The second kappa shape index (κ2) is 11.6. The summed E-state index contributed by atoms with van der Waals surface area (Å²) in [4.78, 5) is 28.4. The fourth-order valence-electron chi connectivity index (χ4n) is 2.63. The molecule has 0 atom stereocenters. The number of carbonyl (C=O) groups excluding carboxylic acids is 2. The molecule has 0 unspecified atom stereocenters. The minimum atomic E-state index is -0.357. The molecule has 0 saturated carbocycles. The van der Waals surface area contributed by atoms with E-state index < -0.39 is 0 Å². The fraction of sp³-hybridized carbons (Fsp3) is 0.182. The second-order valence-corrected chi connectivity index (χ2v) is 6.07. The maximum absolute atomic E-state index is 11.2. The Balaban J connectivity index is 0.000000270. The van der Waals surface area contributed by atoms with Gasteiger partial charge in [0.25, 0.3) is 0 Å². The number of carbonyl (C=O) groups is 2. The fourth-order valence-corrected chi connectivity index (χ4v) is 2.84. The van der Waals surface area contributed by atoms with Gasteiger partial charge in [0, 0.05) is 41.3 Å². The maximum Gasteiger partial charge on any atom is 0.337 e. The highest BCUT2D eigenvalue weighted by Crippen LogP contribution is 2.24. The van der Waals surface area contributed by atoms with Gasteiger partial charge >= 0.3 is 11.9 Å². The zero-order valence-electron chi connectivity index (χ0n) is 16.2. The molecular formula is C22H25ClN2O5. The van der Waals surface area contributed by atoms with E-state index in [0.717, 1.165) is 28.9 Å². The molecule has 0 aliphatic rings. The summed E-state index contributed by atoms with van der Waals surface area (Å²) in [6.45, 7) is 0. The number of aliphatic hydroxyl groups excluding tert-OH is 1. The molecule has 0 saturated heterocycles. The second-order valence-electron chi connectivity index (χ2n) is 5.66. The Hall–Kier alpha value is -3.29. The third-order valence-corrected chi connectivity index (χ3v) is 4.34. The summed E-state index contributed by atoms with van der Waals surface area (Å²) in [6, 6.07) is 12.5. The van der Waals surface area contributed by atoms with Crippen molar-refractivity contribution in [3.8, 4) is 0 Å². The summed E-state index contributed by atoms with van der Waals surface area (Å²) in [7, 11) is 3.73. The lowest BCUT2D eigenvalue weighted by Crippen LogP contribution is -2.00. The predicted octanol–water partition coefficient (Wildman–Crippen LogP) is 4.81. The van der Waals surface area contributed by atoms with Gasteiger partial charge in [0.2, 0.25) is 0 Å². The molecule has 0 aliphatic carbocycles. The van der Waals surface area contributed by atoms with E-state index in [1.54, 1.807) is 36.5 Å². The zero-order valence-corrected chi connectivity index (χ0v) is 16.9. The van der Waals surface area contributed by atoms with Crippen LogP contribution in [-0.2, 0) is 9.47 Å². The number of nitrogens with one attached hydrogen (secondary N) is 2. The lowest BCUT2D eigenvalue weighted by molar-refractivity contribution is 0.0592. The number of fused-ring (bicyclic) bond motifs is 2. The van der Waals surface area contributed by atoms with Crippen molar-refractivity contribution in [3.63, 3.8) is 0 Å². The Morgan fingerprint density at radius 3 is 2.03 bits per heavy atom. The predicted molar refractivity (Wildman–Crippen MR) is 119 cm³/mol. The number of halogens is 1. The number of hydrogen-bond acceptors (Lipinski definition) is 5. The van der Waals surface area contributed by atoms with Gasteiger partial charge < -0.3 is 24.5 Å². The van der Waals surface area contributed by atoms with E-state index in [1.165, 1.54) is 14.2 Å². The average molecular weight is 433 g/mol. The molecule has 4 rings (SSSR count). The van der Waals surface area contributed by atoms with E-state index in [1.807, 2.05) is 18.3 Å². The Bertz CT molecular complexity index is 1120. The van der Waals surface area contributed by atoms with Crippen molar-refractivity contribution in [3.05, 3.63) is 71.0 Å². The lowest BCUT2D eigenvalue weighted by Gasteiger charge is -1.98. The van der Waals surface area contributed by atoms with Crippen LogP contribution in [0.15, 0.2) is 54.9 Å². The number of rotatable bonds is 2. The van der Waals surface area contributed by atoms with E-state index in [0.29, 0.717) is 16.1 Å². The molecule has 30 heavy (non-hydrogen) atoms. The van der Waals surface area contributed by atoms with Gasteiger partial charge in [-0.05, 0) is 42.5 Å². The van der Waals surface area contributed by atoms with Gasteiger partial charge in [-0.15, -0.1) is 0 Å². The van der Waals surface area contributed by atoms with Crippen molar-refractivity contribution in [1.29, 1.82) is 0 Å². The highest BCUT2D eigenvalue weighted by Gasteiger charge is 2.08. The van der Waals surface area contributed by atoms with Crippen molar-refractivity contribution in [2.45, 2.75) is 7.43 Å². The monoisotopic (exact) mass is 432 g/mol. The van der Waals surface area contributed by atoms with E-state index >= 15 is 0 Å². The van der Waals surface area contributed by atoms with Crippen LogP contribution < -0.4 is 0 Å². The van der Waals surface area contributed by atoms with Gasteiger partial charge in [-0.1, -0.05) is 19.0 Å². The summed E-state index contributed by atoms with van der Waals surface area (Å²) < 4.78 is 9.22. The van der Waals surface area contributed by atoms with E-state index in [-0.39, 0.29) is 19.4 Å². The molecule has 3 N–H and O–H groups in total. The van der Waals surface area contributed by atoms with Crippen LogP contribution in [0.4, 0.5) is 0 Å². The molecule has 0 spiro atoms. The molecule has 2 heterocycles. The van der Waals surface area contributed by atoms with Crippen LogP contribution in [0.1, 0.15) is 28.1 Å². The standard InChI is InChI=1S/C10H8ClNO2.C10H9NO2.CH4O.CH4/c1-14-10(13)6-2-3-9-7(4-6)8(11)5-12-9;1-13-10(12)8-2-3-9-7(6-8)4-5-11-9;1-2;/h2-5,12H,1H3;2-6,11H,1H3;2H,1H3;1H4. The number of ether oxygens (including phenoxy) is 2. The van der Waals surface area contributed by atoms with Gasteiger partial charge in [-0.2, -0.15) is 0 Å². The summed E-state index contributed by atoms with van der Waals surface area (Å²) in [6.07, 6.45) is 3.53. The van der Waals surface area contributed by atoms with Gasteiger partial charge in [0.1, 0.15) is 0 Å². The smallest absolute Gasteiger partial charge is 0.337 e. The van der Waals surface area contributed by atoms with Gasteiger partial charge in [0.15, 0.2) is 0 Å². The van der Waals surface area contributed by atoms with E-state index in [9.17, 15) is 9.59 Å². The minimum absolute atomic E-state index is 0. The van der Waals surface area contributed by atoms with Crippen LogP contribution in [0.2, 0.25) is 5.02 Å². The SMILES string of the molecule is C.CO.COC(=O)c1ccc2[nH]cc(Cl)c2c1.COC(=O)c1ccc2[nH]ccc2c1. The number of esters is 2. The van der Waals surface area contributed by atoms with Crippen molar-refractivity contribution in [1.82, 2.24) is 9.97 Å². The Labute approximate surface area is 179 Å². The van der Waals surface area contributed by atoms with Crippen LogP contribution in [0.25, 0.3) is 21.8 Å². The zero-order chi connectivity index (χ0) is 21.4. The van der Waals surface area contributed by atoms with Crippen LogP contribution in [-0.4, -0.2) is 48.3 Å². The van der Waals surface area contributed by atoms with Gasteiger partial charge in [-0.25, -0.2) is 9.59 Å². The molecule has 0 bridgehead atoms. The summed E-state index contributed by atoms with van der Waals surface area (Å²) in [5.74, 6) is -0.660. The first-order valence-corrected chi connectivity index (χ1v) is 8.86. The molecule has 8 heteroatoms. The van der Waals surface area contributed by atoms with Crippen molar-refractivity contribution >= 4 is 45.3 Å². The third-order valence-electron chi connectivity index (χ3n) is 4.03. The molecule has 160 valence electrons. The highest BCUT2D eigenvalue weighted by molar-refractivity contribution is 6.35. The first-order chi connectivity index (χ1) is 14.0. The normalized spacial score (nSPS) is 9.50. The van der Waals surface area contributed by atoms with E-state index in [2.05, 4.69) is 19.4 Å². The molecule has 0 amide bonds. The molecule has 4 aromatic rings. The third kappa shape index (κ3) is 5.62. The van der Waals surface area contributed by atoms with Crippen LogP contribution in [0, 0.1) is 0 Å². The van der Waals surface area contributed by atoms with Gasteiger partial charge in [0.05, 0.1) is 30.4 Å². The topological polar surface area (TPSA) is 104 Å². The maximum atomic E-state index is 11.2. The molecule has 2 aromatic carbocycles. The molecule has 0 fully saturated rings. The molecule has 7 nitrogen and oxygen atoms in total. The quantitative estimate of drug-likeness (QED) is 0.394. The number of aromatic nitrogens is 2. The summed E-state index contributed by atoms with van der Waals surface area (Å²) >= 11 is 5.91. The first-order valence-electron chi connectivity index (χ1n) is 8.48. The largest absolute Gasteiger partial charge is 0.465 e. The summed E-state index contributed by atoms with van der Waals surface area (Å²) in [5, 5.41) is 9.45. The number of hydrogen-bond donors (Lipinski definition) is 3.